The number of rotatable bonds is 5. The van der Waals surface area contributed by atoms with Crippen LogP contribution in [0.15, 0.2) is 18.2 Å². The summed E-state index contributed by atoms with van der Waals surface area (Å²) >= 11 is 0. The normalized spacial score (nSPS) is 19.4. The van der Waals surface area contributed by atoms with Crippen LogP contribution in [0.4, 0.5) is 10.1 Å². The van der Waals surface area contributed by atoms with Crippen LogP contribution in [0, 0.1) is 15.9 Å². The molecule has 0 aromatic heterocycles. The molecule has 1 aliphatic heterocycles. The van der Waals surface area contributed by atoms with Gasteiger partial charge in [-0.3, -0.25) is 19.8 Å². The first-order valence-electron chi connectivity index (χ1n) is 7.13. The average Bonchev–Trinajstić information content (AvgIpc) is 2.39. The topological polar surface area (TPSA) is 63.5 Å². The third-order valence-corrected chi connectivity index (χ3v) is 3.81. The Labute approximate surface area is 122 Å². The fourth-order valence-corrected chi connectivity index (χ4v) is 2.90. The second-order valence-electron chi connectivity index (χ2n) is 5.60. The van der Waals surface area contributed by atoms with Crippen LogP contribution in [0.25, 0.3) is 0 Å². The lowest BCUT2D eigenvalue weighted by atomic mass is 9.97. The van der Waals surface area contributed by atoms with E-state index in [9.17, 15) is 19.3 Å². The van der Waals surface area contributed by atoms with Gasteiger partial charge in [-0.25, -0.2) is 4.39 Å². The first-order chi connectivity index (χ1) is 9.95. The van der Waals surface area contributed by atoms with Gasteiger partial charge >= 0.3 is 0 Å². The van der Waals surface area contributed by atoms with Crippen molar-refractivity contribution in [1.82, 2.24) is 4.90 Å². The van der Waals surface area contributed by atoms with Crippen molar-refractivity contribution in [3.8, 4) is 0 Å². The van der Waals surface area contributed by atoms with E-state index in [1.165, 1.54) is 12.1 Å². The molecule has 1 aromatic rings. The Balaban J connectivity index is 2.15. The maximum absolute atomic E-state index is 13.5. The highest BCUT2D eigenvalue weighted by Gasteiger charge is 2.24. The summed E-state index contributed by atoms with van der Waals surface area (Å²) in [6.07, 6.45) is 3.54. The number of halogens is 1. The third kappa shape index (κ3) is 4.32. The van der Waals surface area contributed by atoms with Gasteiger partial charge in [0.25, 0.3) is 5.69 Å². The van der Waals surface area contributed by atoms with E-state index in [0.29, 0.717) is 18.5 Å². The molecule has 0 saturated carbocycles. The number of likely N-dealkylation sites (tertiary alicyclic amines) is 1. The first kappa shape index (κ1) is 15.6. The zero-order chi connectivity index (χ0) is 15.4. The number of carbonyl (C=O) groups excluding carboxylic acids is 1. The van der Waals surface area contributed by atoms with E-state index in [0.717, 1.165) is 31.9 Å². The molecule has 0 spiro atoms. The number of benzene rings is 1. The van der Waals surface area contributed by atoms with E-state index in [1.54, 1.807) is 6.92 Å². The molecule has 1 unspecified atom stereocenters. The fraction of sp³-hybridized carbons (Fsp3) is 0.533. The predicted octanol–water partition coefficient (Wildman–Crippen LogP) is 3.07. The SMILES string of the molecule is CC(=O)CC1CCCCN1Cc1cc(F)cc([N+](=O)[O-])c1. The van der Waals surface area contributed by atoms with Gasteiger partial charge in [0.2, 0.25) is 0 Å². The van der Waals surface area contributed by atoms with E-state index >= 15 is 0 Å². The number of piperidine rings is 1. The molecule has 114 valence electrons. The number of hydrogen-bond acceptors (Lipinski definition) is 4. The average molecular weight is 294 g/mol. The van der Waals surface area contributed by atoms with Gasteiger partial charge in [-0.1, -0.05) is 6.42 Å². The summed E-state index contributed by atoms with van der Waals surface area (Å²) in [5.41, 5.74) is 0.349. The third-order valence-electron chi connectivity index (χ3n) is 3.81. The molecule has 0 amide bonds. The van der Waals surface area contributed by atoms with Gasteiger partial charge in [0.15, 0.2) is 0 Å². The van der Waals surface area contributed by atoms with Crippen molar-refractivity contribution in [1.29, 1.82) is 0 Å². The van der Waals surface area contributed by atoms with Gasteiger partial charge < -0.3 is 0 Å². The van der Waals surface area contributed by atoms with Crippen molar-refractivity contribution in [3.05, 3.63) is 39.7 Å². The molecule has 1 atom stereocenters. The highest BCUT2D eigenvalue weighted by atomic mass is 19.1. The maximum Gasteiger partial charge on any atom is 0.272 e. The first-order valence-corrected chi connectivity index (χ1v) is 7.13. The Morgan fingerprint density at radius 3 is 2.86 bits per heavy atom. The minimum Gasteiger partial charge on any atom is -0.300 e. The summed E-state index contributed by atoms with van der Waals surface area (Å²) in [4.78, 5) is 23.7. The number of nitro benzene ring substituents is 1. The molecule has 0 bridgehead atoms. The van der Waals surface area contributed by atoms with Crippen LogP contribution >= 0.6 is 0 Å². The summed E-state index contributed by atoms with van der Waals surface area (Å²) in [6, 6.07) is 3.81. The maximum atomic E-state index is 13.5. The predicted molar refractivity (Wildman–Crippen MR) is 76.4 cm³/mol. The van der Waals surface area contributed by atoms with Crippen molar-refractivity contribution < 1.29 is 14.1 Å². The summed E-state index contributed by atoms with van der Waals surface area (Å²) in [5, 5.41) is 10.8. The van der Waals surface area contributed by atoms with Crippen LogP contribution in [-0.2, 0) is 11.3 Å². The van der Waals surface area contributed by atoms with Crippen molar-refractivity contribution in [2.45, 2.75) is 45.2 Å². The van der Waals surface area contributed by atoms with Crippen molar-refractivity contribution in [2.24, 2.45) is 0 Å². The minimum absolute atomic E-state index is 0.136. The number of nitro groups is 1. The summed E-state index contributed by atoms with van der Waals surface area (Å²) in [6.45, 7) is 2.85. The summed E-state index contributed by atoms with van der Waals surface area (Å²) in [5.74, 6) is -0.462. The van der Waals surface area contributed by atoms with Gasteiger partial charge in [-0.2, -0.15) is 0 Å². The number of hydrogen-bond donors (Lipinski definition) is 0. The van der Waals surface area contributed by atoms with Crippen LogP contribution in [-0.4, -0.2) is 28.2 Å². The molecule has 0 N–H and O–H groups in total. The number of Topliss-reactive ketones (excluding diaryl/α,β-unsaturated/α-hetero) is 1. The molecule has 0 radical (unpaired) electrons. The minimum atomic E-state index is -0.598. The van der Waals surface area contributed by atoms with Crippen LogP contribution in [0.2, 0.25) is 0 Å². The Bertz CT molecular complexity index is 548. The summed E-state index contributed by atoms with van der Waals surface area (Å²) < 4.78 is 13.5. The zero-order valence-electron chi connectivity index (χ0n) is 12.0. The molecule has 6 heteroatoms. The molecule has 1 aliphatic rings. The largest absolute Gasteiger partial charge is 0.300 e. The smallest absolute Gasteiger partial charge is 0.272 e. The Morgan fingerprint density at radius 1 is 1.43 bits per heavy atom. The van der Waals surface area contributed by atoms with Gasteiger partial charge in [0.05, 0.1) is 11.0 Å². The Hall–Kier alpha value is -1.82. The fourth-order valence-electron chi connectivity index (χ4n) is 2.90. The quantitative estimate of drug-likeness (QED) is 0.618. The van der Waals surface area contributed by atoms with Gasteiger partial charge in [0.1, 0.15) is 11.6 Å². The highest BCUT2D eigenvalue weighted by Crippen LogP contribution is 2.24. The second kappa shape index (κ2) is 6.76. The van der Waals surface area contributed by atoms with Gasteiger partial charge in [-0.05, 0) is 37.9 Å². The van der Waals surface area contributed by atoms with Crippen LogP contribution < -0.4 is 0 Å². The van der Waals surface area contributed by atoms with E-state index in [-0.39, 0.29) is 17.5 Å². The molecule has 1 saturated heterocycles. The van der Waals surface area contributed by atoms with Gasteiger partial charge in [0, 0.05) is 25.1 Å². The van der Waals surface area contributed by atoms with Crippen LogP contribution in [0.5, 0.6) is 0 Å². The lowest BCUT2D eigenvalue weighted by Gasteiger charge is -2.35. The number of ketones is 1. The molecule has 2 rings (SSSR count). The summed E-state index contributed by atoms with van der Waals surface area (Å²) in [7, 11) is 0. The van der Waals surface area contributed by atoms with E-state index in [1.807, 2.05) is 0 Å². The molecule has 5 nitrogen and oxygen atoms in total. The molecule has 1 fully saturated rings. The van der Waals surface area contributed by atoms with Crippen molar-refractivity contribution in [3.63, 3.8) is 0 Å². The number of non-ortho nitro benzene ring substituents is 1. The van der Waals surface area contributed by atoms with E-state index in [2.05, 4.69) is 4.90 Å². The lowest BCUT2D eigenvalue weighted by molar-refractivity contribution is -0.385. The highest BCUT2D eigenvalue weighted by molar-refractivity contribution is 5.76. The Morgan fingerprint density at radius 2 is 2.19 bits per heavy atom. The molecule has 1 heterocycles. The van der Waals surface area contributed by atoms with Crippen molar-refractivity contribution >= 4 is 11.5 Å². The van der Waals surface area contributed by atoms with Crippen LogP contribution in [0.3, 0.4) is 0 Å². The molecule has 21 heavy (non-hydrogen) atoms. The monoisotopic (exact) mass is 294 g/mol. The molecule has 1 aromatic carbocycles. The van der Waals surface area contributed by atoms with Crippen molar-refractivity contribution in [2.75, 3.05) is 6.54 Å². The zero-order valence-corrected chi connectivity index (χ0v) is 12.0. The van der Waals surface area contributed by atoms with Gasteiger partial charge in [-0.15, -0.1) is 0 Å². The standard InChI is InChI=1S/C15H19FN2O3/c1-11(19)6-14-4-2-3-5-17(14)10-12-7-13(16)9-15(8-12)18(20)21/h7-9,14H,2-6,10H2,1H3. The lowest BCUT2D eigenvalue weighted by Crippen LogP contribution is -2.40. The molecule has 0 aliphatic carbocycles. The van der Waals surface area contributed by atoms with E-state index in [4.69, 9.17) is 0 Å². The Kier molecular flexibility index (Phi) is 5.01. The molecular formula is C15H19FN2O3. The number of nitrogens with zero attached hydrogens (tertiary/aromatic N) is 2. The second-order valence-corrected chi connectivity index (χ2v) is 5.60. The van der Waals surface area contributed by atoms with Crippen LogP contribution in [0.1, 0.15) is 38.2 Å². The van der Waals surface area contributed by atoms with E-state index < -0.39 is 10.7 Å². The number of carbonyl (C=O) groups is 1. The molecular weight excluding hydrogens is 275 g/mol.